The Labute approximate surface area is 278 Å². The molecule has 0 saturated carbocycles. The molecule has 4 rings (SSSR count). The van der Waals surface area contributed by atoms with Gasteiger partial charge in [0.1, 0.15) is 0 Å². The molecule has 0 aliphatic heterocycles. The van der Waals surface area contributed by atoms with Crippen LogP contribution < -0.4 is 0 Å². The predicted octanol–water partition coefficient (Wildman–Crippen LogP) is 10.4. The van der Waals surface area contributed by atoms with Gasteiger partial charge in [0.25, 0.3) is 0 Å². The van der Waals surface area contributed by atoms with Gasteiger partial charge in [0, 0.05) is 0 Å². The third-order valence-corrected chi connectivity index (χ3v) is 4.90. The van der Waals surface area contributed by atoms with Crippen LogP contribution in [0.25, 0.3) is 0 Å². The van der Waals surface area contributed by atoms with Crippen molar-refractivity contribution >= 4 is 31.3 Å². The van der Waals surface area contributed by atoms with E-state index >= 15 is 0 Å². The van der Waals surface area contributed by atoms with Gasteiger partial charge in [-0.2, -0.15) is 23.3 Å². The molecule has 0 aromatic rings. The molecule has 0 amide bonds. The average Bonchev–Trinajstić information content (AvgIpc) is 3.51. The summed E-state index contributed by atoms with van der Waals surface area (Å²) in [6.07, 6.45) is 27.4. The van der Waals surface area contributed by atoms with Gasteiger partial charge in [-0.1, -0.05) is 53.4 Å². The van der Waals surface area contributed by atoms with Crippen molar-refractivity contribution in [3.8, 4) is 0 Å². The van der Waals surface area contributed by atoms with Crippen molar-refractivity contribution in [1.82, 2.24) is 0 Å². The quantitative estimate of drug-likeness (QED) is 0.168. The van der Waals surface area contributed by atoms with E-state index in [9.17, 15) is 0 Å². The van der Waals surface area contributed by atoms with Gasteiger partial charge in [0.15, 0.2) is 0 Å². The molecular weight excluding hydrogens is 836 g/mol. The van der Waals surface area contributed by atoms with Gasteiger partial charge in [-0.15, -0.1) is 51.5 Å². The minimum Gasteiger partial charge on any atom is -0.147 e. The van der Waals surface area contributed by atoms with Gasteiger partial charge >= 0.3 is 82.0 Å². The number of halogens is 2. The monoisotopic (exact) mass is 888 g/mol. The summed E-state index contributed by atoms with van der Waals surface area (Å²) in [5, 5.41) is 0. The number of hydrogen-bond acceptors (Lipinski definition) is 0. The number of allylic oxidation sites excluding steroid dienone is 16. The molecule has 2 atom stereocenters. The van der Waals surface area contributed by atoms with Crippen LogP contribution in [0.15, 0.2) is 69.9 Å². The molecule has 0 aromatic carbocycles. The minimum absolute atomic E-state index is 0. The van der Waals surface area contributed by atoms with Crippen molar-refractivity contribution in [3.63, 3.8) is 0 Å². The SMILES string of the molecule is CC1=C(C)C[C-]=C1.CC1=C(C)C[C-]=C1.CC1=[C-]C(C)C=C1.CC1=[C-]C(C)C=C1.C[C](C)=[Hf+2].C[C](C)=[Hf+2].Cl.Cl. The molecule has 0 spiro atoms. The molecule has 0 heterocycles. The zero-order valence-electron chi connectivity index (χ0n) is 25.8. The summed E-state index contributed by atoms with van der Waals surface area (Å²) in [5.74, 6) is 1.11. The zero-order chi connectivity index (χ0) is 28.3. The maximum atomic E-state index is 3.22. The first-order valence-corrected chi connectivity index (χ1v) is 16.3. The van der Waals surface area contributed by atoms with Crippen LogP contribution in [-0.2, 0) is 47.8 Å². The second kappa shape index (κ2) is 27.2. The van der Waals surface area contributed by atoms with E-state index in [2.05, 4.69) is 144 Å². The standard InChI is InChI=1S/4C7H9.2C3H6.2ClH.2Hf/c2*1-6-3-4-7(2)5-6;2*1-6-4-3-5-7(6)2;2*1-3-2;;;;/h2*3-4,6H,1-2H3;2*4H,5H2,1-2H3;2*1-2H3;2*1H;;/q4*-1;;;;;2*+2. The van der Waals surface area contributed by atoms with E-state index in [-0.39, 0.29) is 24.8 Å². The minimum atomic E-state index is 0. The second-order valence-electron chi connectivity index (χ2n) is 9.93. The molecule has 4 heteroatoms. The van der Waals surface area contributed by atoms with Gasteiger partial charge < -0.3 is 0 Å². The Morgan fingerprint density at radius 2 is 0.895 bits per heavy atom. The Hall–Kier alpha value is -0.0197. The maximum Gasteiger partial charge on any atom is -0.147 e. The summed E-state index contributed by atoms with van der Waals surface area (Å²) >= 11 is 2.53. The molecule has 38 heavy (non-hydrogen) atoms. The zero-order valence-corrected chi connectivity index (χ0v) is 34.7. The van der Waals surface area contributed by atoms with Crippen LogP contribution in [0.5, 0.6) is 0 Å². The van der Waals surface area contributed by atoms with E-state index in [0.29, 0.717) is 11.8 Å². The summed E-state index contributed by atoms with van der Waals surface area (Å²) in [6.45, 7) is 25.5. The molecule has 0 bridgehead atoms. The summed E-state index contributed by atoms with van der Waals surface area (Å²) < 4.78 is 3.11. The van der Waals surface area contributed by atoms with E-state index < -0.39 is 0 Å². The normalized spacial score (nSPS) is 18.9. The molecule has 4 aliphatic rings. The molecule has 0 aromatic heterocycles. The largest absolute Gasteiger partial charge is 0.147 e. The van der Waals surface area contributed by atoms with Gasteiger partial charge in [0.05, 0.1) is 0 Å². The summed E-state index contributed by atoms with van der Waals surface area (Å²) in [6, 6.07) is 0. The Morgan fingerprint density at radius 3 is 0.947 bits per heavy atom. The first kappa shape index (κ1) is 45.0. The summed E-state index contributed by atoms with van der Waals surface area (Å²) in [5.41, 5.74) is 8.24. The predicted molar refractivity (Wildman–Crippen MR) is 170 cm³/mol. The third-order valence-electron chi connectivity index (χ3n) is 4.90. The van der Waals surface area contributed by atoms with Crippen molar-refractivity contribution < 1.29 is 47.8 Å². The Morgan fingerprint density at radius 1 is 0.632 bits per heavy atom. The van der Waals surface area contributed by atoms with Crippen LogP contribution in [0.4, 0.5) is 0 Å². The van der Waals surface area contributed by atoms with Crippen molar-refractivity contribution in [2.24, 2.45) is 11.8 Å². The fraction of sp³-hybridized carbons (Fsp3) is 0.471. The fourth-order valence-corrected chi connectivity index (χ4v) is 2.73. The summed E-state index contributed by atoms with van der Waals surface area (Å²) in [7, 11) is 0. The smallest absolute Gasteiger partial charge is 0.147 e. The van der Waals surface area contributed by atoms with Gasteiger partial charge in [-0.05, 0) is 0 Å². The fourth-order valence-electron chi connectivity index (χ4n) is 2.73. The first-order chi connectivity index (χ1) is 16.6. The van der Waals surface area contributed by atoms with E-state index in [1.54, 1.807) is 6.51 Å². The average molecular weight is 887 g/mol. The molecule has 0 fully saturated rings. The Kier molecular flexibility index (Phi) is 32.2. The van der Waals surface area contributed by atoms with Gasteiger partial charge in [-0.3, -0.25) is 24.3 Å². The molecule has 208 valence electrons. The van der Waals surface area contributed by atoms with Crippen LogP contribution in [0, 0.1) is 36.1 Å². The van der Waals surface area contributed by atoms with Gasteiger partial charge in [0.2, 0.25) is 0 Å². The van der Waals surface area contributed by atoms with Crippen LogP contribution in [0.2, 0.25) is 0 Å². The number of hydrogen-bond donors (Lipinski definition) is 0. The van der Waals surface area contributed by atoms with Crippen molar-refractivity contribution in [3.05, 3.63) is 94.2 Å². The Balaban J connectivity index is -0.000000184. The van der Waals surface area contributed by atoms with E-state index in [1.807, 2.05) is 0 Å². The topological polar surface area (TPSA) is 0 Å². The van der Waals surface area contributed by atoms with Crippen molar-refractivity contribution in [2.75, 3.05) is 0 Å². The molecule has 0 saturated heterocycles. The van der Waals surface area contributed by atoms with Crippen molar-refractivity contribution in [2.45, 2.75) is 95.9 Å². The van der Waals surface area contributed by atoms with Crippen LogP contribution in [-0.4, -0.2) is 6.51 Å². The van der Waals surface area contributed by atoms with Crippen LogP contribution in [0.1, 0.15) is 95.9 Å². The molecular formula is C34H50Cl2Hf2. The maximum absolute atomic E-state index is 3.22. The van der Waals surface area contributed by atoms with Crippen LogP contribution in [0.3, 0.4) is 0 Å². The third kappa shape index (κ3) is 30.5. The van der Waals surface area contributed by atoms with Crippen molar-refractivity contribution in [1.29, 1.82) is 0 Å². The number of rotatable bonds is 0. The Bertz CT molecular complexity index is 865. The van der Waals surface area contributed by atoms with Gasteiger partial charge in [-0.25, -0.2) is 46.6 Å². The van der Waals surface area contributed by atoms with E-state index in [0.717, 1.165) is 12.8 Å². The molecule has 2 unspecified atom stereocenters. The molecule has 0 radical (unpaired) electrons. The molecule has 0 nitrogen and oxygen atoms in total. The molecule has 4 aliphatic carbocycles. The molecule has 0 N–H and O–H groups in total. The van der Waals surface area contributed by atoms with E-state index in [1.165, 1.54) is 81.2 Å². The van der Waals surface area contributed by atoms with E-state index in [4.69, 9.17) is 0 Å². The first-order valence-electron chi connectivity index (χ1n) is 12.7. The van der Waals surface area contributed by atoms with Crippen LogP contribution >= 0.6 is 24.8 Å². The summed E-state index contributed by atoms with van der Waals surface area (Å²) in [4.78, 5) is 0. The second-order valence-corrected chi connectivity index (χ2v) is 17.1.